The molecule has 0 aromatic heterocycles. The van der Waals surface area contributed by atoms with Crippen LogP contribution in [0.4, 0.5) is 0 Å². The third-order valence-electron chi connectivity index (χ3n) is 4.45. The van der Waals surface area contributed by atoms with Crippen molar-refractivity contribution in [2.24, 2.45) is 10.9 Å². The SMILES string of the molecule is CCNC(=NCC(C)Oc1ccc(Cl)cc1)NCCCOCC1CCOCC1. The Bertz CT molecular complexity index is 563. The van der Waals surface area contributed by atoms with Gasteiger partial charge in [0.25, 0.3) is 0 Å². The van der Waals surface area contributed by atoms with E-state index < -0.39 is 0 Å². The number of aliphatic imine (C=N–C) groups is 1. The number of hydrogen-bond donors (Lipinski definition) is 2. The smallest absolute Gasteiger partial charge is 0.191 e. The van der Waals surface area contributed by atoms with E-state index in [1.807, 2.05) is 31.2 Å². The summed E-state index contributed by atoms with van der Waals surface area (Å²) in [6.45, 7) is 9.63. The molecule has 1 aliphatic rings. The monoisotopic (exact) mass is 411 g/mol. The van der Waals surface area contributed by atoms with E-state index in [2.05, 4.69) is 22.5 Å². The quantitative estimate of drug-likeness (QED) is 0.331. The van der Waals surface area contributed by atoms with Crippen LogP contribution in [-0.2, 0) is 9.47 Å². The van der Waals surface area contributed by atoms with Gasteiger partial charge in [0, 0.05) is 44.5 Å². The van der Waals surface area contributed by atoms with Gasteiger partial charge in [-0.1, -0.05) is 11.6 Å². The molecule has 1 atom stereocenters. The predicted octanol–water partition coefficient (Wildman–Crippen LogP) is 3.50. The first kappa shape index (κ1) is 22.8. The Hall–Kier alpha value is -1.50. The van der Waals surface area contributed by atoms with Gasteiger partial charge in [-0.05, 0) is 63.3 Å². The van der Waals surface area contributed by atoms with E-state index in [9.17, 15) is 0 Å². The molecule has 28 heavy (non-hydrogen) atoms. The van der Waals surface area contributed by atoms with E-state index in [-0.39, 0.29) is 6.10 Å². The van der Waals surface area contributed by atoms with Crippen molar-refractivity contribution in [3.05, 3.63) is 29.3 Å². The molecule has 1 aliphatic heterocycles. The summed E-state index contributed by atoms with van der Waals surface area (Å²) in [6.07, 6.45) is 3.15. The van der Waals surface area contributed by atoms with Gasteiger partial charge in [0.05, 0.1) is 6.54 Å². The molecular weight excluding hydrogens is 378 g/mol. The average Bonchev–Trinajstić information content (AvgIpc) is 2.71. The Morgan fingerprint density at radius 2 is 2.00 bits per heavy atom. The number of nitrogens with one attached hydrogen (secondary N) is 2. The first-order valence-electron chi connectivity index (χ1n) is 10.3. The van der Waals surface area contributed by atoms with Crippen LogP contribution in [0.15, 0.2) is 29.3 Å². The van der Waals surface area contributed by atoms with Crippen LogP contribution in [0.5, 0.6) is 5.75 Å². The van der Waals surface area contributed by atoms with Gasteiger partial charge in [0.15, 0.2) is 5.96 Å². The van der Waals surface area contributed by atoms with E-state index >= 15 is 0 Å². The van der Waals surface area contributed by atoms with Crippen LogP contribution in [0.25, 0.3) is 0 Å². The highest BCUT2D eigenvalue weighted by Gasteiger charge is 2.13. The van der Waals surface area contributed by atoms with Crippen LogP contribution in [0.2, 0.25) is 5.02 Å². The normalized spacial score (nSPS) is 16.6. The Kier molecular flexibility index (Phi) is 11.1. The van der Waals surface area contributed by atoms with Gasteiger partial charge >= 0.3 is 0 Å². The lowest BCUT2D eigenvalue weighted by Gasteiger charge is -2.21. The van der Waals surface area contributed by atoms with Crippen LogP contribution < -0.4 is 15.4 Å². The Labute approximate surface area is 174 Å². The molecule has 1 saturated heterocycles. The summed E-state index contributed by atoms with van der Waals surface area (Å²) >= 11 is 5.90. The number of benzene rings is 1. The largest absolute Gasteiger partial charge is 0.489 e. The number of guanidine groups is 1. The van der Waals surface area contributed by atoms with Crippen molar-refractivity contribution in [3.63, 3.8) is 0 Å². The summed E-state index contributed by atoms with van der Waals surface area (Å²) in [5.74, 6) is 2.26. The predicted molar refractivity (Wildman–Crippen MR) is 115 cm³/mol. The lowest BCUT2D eigenvalue weighted by Crippen LogP contribution is -2.38. The highest BCUT2D eigenvalue weighted by molar-refractivity contribution is 6.30. The molecule has 1 heterocycles. The van der Waals surface area contributed by atoms with Gasteiger partial charge in [0.1, 0.15) is 11.9 Å². The second kappa shape index (κ2) is 13.6. The van der Waals surface area contributed by atoms with Gasteiger partial charge in [-0.2, -0.15) is 0 Å². The van der Waals surface area contributed by atoms with Crippen molar-refractivity contribution in [1.29, 1.82) is 0 Å². The van der Waals surface area contributed by atoms with Gasteiger partial charge in [-0.25, -0.2) is 4.99 Å². The maximum atomic E-state index is 5.90. The van der Waals surface area contributed by atoms with Crippen LogP contribution in [0, 0.1) is 5.92 Å². The molecule has 1 aromatic carbocycles. The Balaban J connectivity index is 1.61. The topological polar surface area (TPSA) is 64.1 Å². The molecule has 0 spiro atoms. The zero-order valence-electron chi connectivity index (χ0n) is 17.1. The summed E-state index contributed by atoms with van der Waals surface area (Å²) in [5.41, 5.74) is 0. The number of rotatable bonds is 11. The second-order valence-electron chi connectivity index (χ2n) is 7.01. The minimum absolute atomic E-state index is 0.0283. The molecule has 1 aromatic rings. The zero-order chi connectivity index (χ0) is 20.0. The van der Waals surface area contributed by atoms with Crippen molar-refractivity contribution in [2.45, 2.75) is 39.2 Å². The first-order valence-corrected chi connectivity index (χ1v) is 10.6. The fourth-order valence-electron chi connectivity index (χ4n) is 2.89. The summed E-state index contributed by atoms with van der Waals surface area (Å²) in [5, 5.41) is 7.32. The molecule has 0 amide bonds. The van der Waals surface area contributed by atoms with Crippen LogP contribution in [0.3, 0.4) is 0 Å². The Morgan fingerprint density at radius 3 is 2.71 bits per heavy atom. The summed E-state index contributed by atoms with van der Waals surface area (Å²) in [6, 6.07) is 7.38. The number of ether oxygens (including phenoxy) is 3. The fourth-order valence-corrected chi connectivity index (χ4v) is 3.01. The summed E-state index contributed by atoms with van der Waals surface area (Å²) in [7, 11) is 0. The lowest BCUT2D eigenvalue weighted by molar-refractivity contribution is 0.0203. The third-order valence-corrected chi connectivity index (χ3v) is 4.71. The molecule has 0 saturated carbocycles. The molecule has 0 bridgehead atoms. The minimum Gasteiger partial charge on any atom is -0.489 e. The van der Waals surface area contributed by atoms with Crippen LogP contribution in [-0.4, -0.2) is 58.1 Å². The van der Waals surface area contributed by atoms with Gasteiger partial charge in [-0.15, -0.1) is 0 Å². The lowest BCUT2D eigenvalue weighted by atomic mass is 10.0. The number of hydrogen-bond acceptors (Lipinski definition) is 4. The summed E-state index contributed by atoms with van der Waals surface area (Å²) < 4.78 is 17.0. The molecule has 1 unspecified atom stereocenters. The molecule has 2 N–H and O–H groups in total. The number of halogens is 1. The molecule has 2 rings (SSSR count). The van der Waals surface area contributed by atoms with E-state index in [0.29, 0.717) is 17.5 Å². The highest BCUT2D eigenvalue weighted by Crippen LogP contribution is 2.17. The minimum atomic E-state index is -0.0283. The fraction of sp³-hybridized carbons (Fsp3) is 0.667. The molecule has 1 fully saturated rings. The van der Waals surface area contributed by atoms with Crippen LogP contribution >= 0.6 is 11.6 Å². The van der Waals surface area contributed by atoms with Gasteiger partial charge < -0.3 is 24.8 Å². The van der Waals surface area contributed by atoms with Crippen molar-refractivity contribution >= 4 is 17.6 Å². The Morgan fingerprint density at radius 1 is 1.25 bits per heavy atom. The van der Waals surface area contributed by atoms with Crippen molar-refractivity contribution < 1.29 is 14.2 Å². The van der Waals surface area contributed by atoms with Crippen molar-refractivity contribution in [1.82, 2.24) is 10.6 Å². The molecule has 0 radical (unpaired) electrons. The first-order chi connectivity index (χ1) is 13.7. The highest BCUT2D eigenvalue weighted by atomic mass is 35.5. The van der Waals surface area contributed by atoms with Crippen LogP contribution in [0.1, 0.15) is 33.1 Å². The number of nitrogens with zero attached hydrogens (tertiary/aromatic N) is 1. The molecule has 6 nitrogen and oxygen atoms in total. The van der Waals surface area contributed by atoms with E-state index in [1.54, 1.807) is 0 Å². The van der Waals surface area contributed by atoms with Gasteiger partial charge in [-0.3, -0.25) is 0 Å². The van der Waals surface area contributed by atoms with E-state index in [1.165, 1.54) is 0 Å². The van der Waals surface area contributed by atoms with Gasteiger partial charge in [0.2, 0.25) is 0 Å². The maximum Gasteiger partial charge on any atom is 0.191 e. The zero-order valence-corrected chi connectivity index (χ0v) is 17.8. The molecule has 7 heteroatoms. The second-order valence-corrected chi connectivity index (χ2v) is 7.45. The summed E-state index contributed by atoms with van der Waals surface area (Å²) in [4.78, 5) is 4.61. The van der Waals surface area contributed by atoms with Crippen molar-refractivity contribution in [3.8, 4) is 5.75 Å². The molecular formula is C21H34ClN3O3. The standard InChI is InChI=1S/C21H34ClN3O3/c1-3-23-21(24-11-4-12-27-16-18-9-13-26-14-10-18)25-15-17(2)28-20-7-5-19(22)6-8-20/h5-8,17-18H,3-4,9-16H2,1-2H3,(H2,23,24,25). The molecule has 158 valence electrons. The van der Waals surface area contributed by atoms with E-state index in [4.69, 9.17) is 25.8 Å². The third kappa shape index (κ3) is 9.62. The average molecular weight is 412 g/mol. The molecule has 0 aliphatic carbocycles. The maximum absolute atomic E-state index is 5.90. The van der Waals surface area contributed by atoms with Crippen molar-refractivity contribution in [2.75, 3.05) is 46.1 Å². The van der Waals surface area contributed by atoms with E-state index in [0.717, 1.165) is 70.5 Å².